The van der Waals surface area contributed by atoms with Gasteiger partial charge in [0, 0.05) is 6.54 Å². The molecular formula is C14H22Cl3NO. The van der Waals surface area contributed by atoms with E-state index in [-0.39, 0.29) is 12.4 Å². The van der Waals surface area contributed by atoms with Crippen LogP contribution in [0.4, 0.5) is 0 Å². The van der Waals surface area contributed by atoms with Crippen molar-refractivity contribution < 1.29 is 4.74 Å². The van der Waals surface area contributed by atoms with Gasteiger partial charge in [0.15, 0.2) is 5.75 Å². The van der Waals surface area contributed by atoms with Crippen molar-refractivity contribution in [1.82, 2.24) is 5.32 Å². The van der Waals surface area contributed by atoms with Crippen LogP contribution in [-0.2, 0) is 6.54 Å². The minimum absolute atomic E-state index is 0. The number of rotatable bonds is 8. The zero-order valence-corrected chi connectivity index (χ0v) is 13.8. The topological polar surface area (TPSA) is 21.3 Å². The molecule has 1 aromatic carbocycles. The lowest BCUT2D eigenvalue weighted by molar-refractivity contribution is 0.309. The van der Waals surface area contributed by atoms with Crippen LogP contribution in [0, 0.1) is 0 Å². The molecule has 0 aromatic heterocycles. The fourth-order valence-electron chi connectivity index (χ4n) is 1.58. The van der Waals surface area contributed by atoms with Gasteiger partial charge in [0.25, 0.3) is 0 Å². The van der Waals surface area contributed by atoms with Gasteiger partial charge in [-0.25, -0.2) is 0 Å². The summed E-state index contributed by atoms with van der Waals surface area (Å²) in [5, 5.41) is 4.50. The molecule has 0 radical (unpaired) electrons. The third-order valence-corrected chi connectivity index (χ3v) is 3.12. The van der Waals surface area contributed by atoms with E-state index in [2.05, 4.69) is 19.2 Å². The second kappa shape index (κ2) is 10.6. The lowest BCUT2D eigenvalue weighted by Crippen LogP contribution is -2.13. The normalized spacial score (nSPS) is 10.1. The Morgan fingerprint density at radius 2 is 1.74 bits per heavy atom. The minimum atomic E-state index is 0. The summed E-state index contributed by atoms with van der Waals surface area (Å²) in [6.07, 6.45) is 3.21. The van der Waals surface area contributed by atoms with Crippen LogP contribution < -0.4 is 10.1 Å². The molecule has 0 amide bonds. The van der Waals surface area contributed by atoms with Gasteiger partial charge in [-0.15, -0.1) is 12.4 Å². The molecule has 0 aliphatic heterocycles. The number of benzene rings is 1. The van der Waals surface area contributed by atoms with Gasteiger partial charge in [-0.05, 0) is 37.1 Å². The molecule has 0 atom stereocenters. The monoisotopic (exact) mass is 325 g/mol. The highest BCUT2D eigenvalue weighted by Crippen LogP contribution is 2.34. The second-order valence-electron chi connectivity index (χ2n) is 4.27. The van der Waals surface area contributed by atoms with E-state index in [4.69, 9.17) is 27.9 Å². The Labute approximate surface area is 132 Å². The molecule has 2 nitrogen and oxygen atoms in total. The zero-order valence-electron chi connectivity index (χ0n) is 11.5. The highest BCUT2D eigenvalue weighted by molar-refractivity contribution is 6.37. The number of hydrogen-bond acceptors (Lipinski definition) is 2. The highest BCUT2D eigenvalue weighted by atomic mass is 35.5. The maximum Gasteiger partial charge on any atom is 0.156 e. The second-order valence-corrected chi connectivity index (χ2v) is 5.08. The molecule has 0 spiro atoms. The van der Waals surface area contributed by atoms with Crippen LogP contribution in [0.25, 0.3) is 0 Å². The quantitative estimate of drug-likeness (QED) is 0.672. The Morgan fingerprint density at radius 3 is 2.26 bits per heavy atom. The van der Waals surface area contributed by atoms with Crippen molar-refractivity contribution in [2.75, 3.05) is 13.2 Å². The summed E-state index contributed by atoms with van der Waals surface area (Å²) in [6, 6.07) is 3.83. The third-order valence-electron chi connectivity index (χ3n) is 2.56. The Hall–Kier alpha value is -0.150. The maximum atomic E-state index is 6.19. The standard InChI is InChI=1S/C14H21Cl2NO.ClH/c1-3-5-7-18-14-12(15)8-11(9-13(14)16)10-17-6-4-2;/h8-9,17H,3-7,10H2,1-2H3;1H. The molecule has 110 valence electrons. The van der Waals surface area contributed by atoms with E-state index in [1.807, 2.05) is 12.1 Å². The molecule has 0 unspecified atom stereocenters. The molecule has 0 aliphatic rings. The molecule has 19 heavy (non-hydrogen) atoms. The molecule has 0 bridgehead atoms. The summed E-state index contributed by atoms with van der Waals surface area (Å²) in [7, 11) is 0. The van der Waals surface area contributed by atoms with Gasteiger partial charge in [-0.3, -0.25) is 0 Å². The summed E-state index contributed by atoms with van der Waals surface area (Å²) in [5.74, 6) is 0.603. The van der Waals surface area contributed by atoms with E-state index in [1.165, 1.54) is 0 Å². The summed E-state index contributed by atoms with van der Waals surface area (Å²) in [4.78, 5) is 0. The third kappa shape index (κ3) is 6.71. The molecule has 0 aliphatic carbocycles. The Balaban J connectivity index is 0.00000324. The van der Waals surface area contributed by atoms with Gasteiger partial charge < -0.3 is 10.1 Å². The minimum Gasteiger partial charge on any atom is -0.490 e. The first-order chi connectivity index (χ1) is 8.69. The highest BCUT2D eigenvalue weighted by Gasteiger charge is 2.09. The van der Waals surface area contributed by atoms with Gasteiger partial charge in [0.2, 0.25) is 0 Å². The number of halogens is 3. The first-order valence-corrected chi connectivity index (χ1v) is 7.26. The largest absolute Gasteiger partial charge is 0.490 e. The Kier molecular flexibility index (Phi) is 10.5. The Morgan fingerprint density at radius 1 is 1.11 bits per heavy atom. The van der Waals surface area contributed by atoms with Crippen LogP contribution in [0.2, 0.25) is 10.0 Å². The molecule has 0 saturated carbocycles. The lowest BCUT2D eigenvalue weighted by atomic mass is 10.2. The van der Waals surface area contributed by atoms with E-state index in [0.717, 1.165) is 37.9 Å². The van der Waals surface area contributed by atoms with Crippen molar-refractivity contribution in [3.8, 4) is 5.75 Å². The van der Waals surface area contributed by atoms with Crippen LogP contribution in [-0.4, -0.2) is 13.2 Å². The van der Waals surface area contributed by atoms with E-state index in [1.54, 1.807) is 0 Å². The first-order valence-electron chi connectivity index (χ1n) is 6.50. The molecule has 1 rings (SSSR count). The van der Waals surface area contributed by atoms with E-state index < -0.39 is 0 Å². The smallest absolute Gasteiger partial charge is 0.156 e. The first kappa shape index (κ1) is 18.9. The van der Waals surface area contributed by atoms with E-state index in [0.29, 0.717) is 22.4 Å². The fraction of sp³-hybridized carbons (Fsp3) is 0.571. The van der Waals surface area contributed by atoms with Crippen LogP contribution >= 0.6 is 35.6 Å². The van der Waals surface area contributed by atoms with Crippen molar-refractivity contribution in [3.05, 3.63) is 27.7 Å². The summed E-state index contributed by atoms with van der Waals surface area (Å²) in [5.41, 5.74) is 1.08. The SMILES string of the molecule is CCCCOc1c(Cl)cc(CNCCC)cc1Cl.Cl. The predicted molar refractivity (Wildman–Crippen MR) is 86.1 cm³/mol. The van der Waals surface area contributed by atoms with Gasteiger partial charge in [0.1, 0.15) is 0 Å². The number of unbranched alkanes of at least 4 members (excludes halogenated alkanes) is 1. The molecule has 0 saturated heterocycles. The van der Waals surface area contributed by atoms with E-state index in [9.17, 15) is 0 Å². The number of hydrogen-bond donors (Lipinski definition) is 1. The molecule has 5 heteroatoms. The zero-order chi connectivity index (χ0) is 13.4. The van der Waals surface area contributed by atoms with Gasteiger partial charge >= 0.3 is 0 Å². The van der Waals surface area contributed by atoms with Crippen molar-refractivity contribution in [1.29, 1.82) is 0 Å². The average molecular weight is 327 g/mol. The van der Waals surface area contributed by atoms with Gasteiger partial charge in [-0.2, -0.15) is 0 Å². The molecule has 0 heterocycles. The van der Waals surface area contributed by atoms with Crippen LogP contribution in [0.5, 0.6) is 5.75 Å². The molecule has 1 aromatic rings. The van der Waals surface area contributed by atoms with Crippen molar-refractivity contribution in [2.45, 2.75) is 39.7 Å². The van der Waals surface area contributed by atoms with Crippen LogP contribution in [0.15, 0.2) is 12.1 Å². The average Bonchev–Trinajstić information content (AvgIpc) is 2.33. The van der Waals surface area contributed by atoms with Gasteiger partial charge in [-0.1, -0.05) is 43.5 Å². The molecular weight excluding hydrogens is 305 g/mol. The Bertz CT molecular complexity index is 349. The predicted octanol–water partition coefficient (Wildman–Crippen LogP) is 5.09. The fourth-order valence-corrected chi connectivity index (χ4v) is 2.22. The van der Waals surface area contributed by atoms with E-state index >= 15 is 0 Å². The van der Waals surface area contributed by atoms with Crippen molar-refractivity contribution in [3.63, 3.8) is 0 Å². The van der Waals surface area contributed by atoms with Crippen LogP contribution in [0.1, 0.15) is 38.7 Å². The lowest BCUT2D eigenvalue weighted by Gasteiger charge is -2.12. The summed E-state index contributed by atoms with van der Waals surface area (Å²) >= 11 is 12.4. The van der Waals surface area contributed by atoms with Crippen LogP contribution in [0.3, 0.4) is 0 Å². The summed E-state index contributed by atoms with van der Waals surface area (Å²) in [6.45, 7) is 6.68. The van der Waals surface area contributed by atoms with Gasteiger partial charge in [0.05, 0.1) is 16.7 Å². The number of ether oxygens (including phenoxy) is 1. The maximum absolute atomic E-state index is 6.19. The van der Waals surface area contributed by atoms with Crippen molar-refractivity contribution in [2.24, 2.45) is 0 Å². The molecule has 0 fully saturated rings. The number of nitrogens with one attached hydrogen (secondary N) is 1. The molecule has 1 N–H and O–H groups in total. The summed E-state index contributed by atoms with van der Waals surface area (Å²) < 4.78 is 5.60. The van der Waals surface area contributed by atoms with Crippen molar-refractivity contribution >= 4 is 35.6 Å².